The number of aromatic amines is 2. The molecule has 17 N–H and O–H groups in total. The van der Waals surface area contributed by atoms with Crippen LogP contribution in [0.4, 0.5) is 0 Å². The van der Waals surface area contributed by atoms with Crippen LogP contribution in [0, 0.1) is 11.8 Å². The van der Waals surface area contributed by atoms with E-state index in [2.05, 4.69) is 62.5 Å². The van der Waals surface area contributed by atoms with Crippen LogP contribution in [0.25, 0.3) is 10.9 Å². The number of phenols is 1. The number of aromatic hydroxyl groups is 1. The van der Waals surface area contributed by atoms with Gasteiger partial charge in [0, 0.05) is 86.6 Å². The lowest BCUT2D eigenvalue weighted by Crippen LogP contribution is -2.61. The quantitative estimate of drug-likeness (QED) is 0.0151. The maximum atomic E-state index is 15.1. The number of aliphatic imine (C=N–C) groups is 1. The van der Waals surface area contributed by atoms with Crippen LogP contribution < -0.4 is 59.3 Å². The fraction of sp³-hybridized carbons (Fsp3) is 0.525. The van der Waals surface area contributed by atoms with Crippen molar-refractivity contribution in [1.29, 1.82) is 0 Å². The number of nitrogens with two attached hydrogens (primary N) is 2. The van der Waals surface area contributed by atoms with E-state index in [1.165, 1.54) is 50.6 Å². The van der Waals surface area contributed by atoms with E-state index in [-0.39, 0.29) is 81.3 Å². The van der Waals surface area contributed by atoms with Gasteiger partial charge in [-0.25, -0.2) is 4.98 Å². The van der Waals surface area contributed by atoms with Gasteiger partial charge in [-0.2, -0.15) is 0 Å². The van der Waals surface area contributed by atoms with Crippen molar-refractivity contribution in [1.82, 2.24) is 67.7 Å². The van der Waals surface area contributed by atoms with Gasteiger partial charge in [-0.1, -0.05) is 57.9 Å². The number of fused-ring (bicyclic) bond motifs is 1. The Morgan fingerprint density at radius 1 is 0.793 bits per heavy atom. The van der Waals surface area contributed by atoms with Gasteiger partial charge >= 0.3 is 0 Å². The van der Waals surface area contributed by atoms with E-state index >= 15 is 9.59 Å². The molecule has 2 aromatic carbocycles. The van der Waals surface area contributed by atoms with Crippen molar-refractivity contribution in [2.45, 2.75) is 159 Å². The van der Waals surface area contributed by atoms with E-state index in [1.54, 1.807) is 42.7 Å². The predicted octanol–water partition coefficient (Wildman–Crippen LogP) is -1.44. The summed E-state index contributed by atoms with van der Waals surface area (Å²) in [5.74, 6) is -16.6. The Labute approximate surface area is 518 Å². The molecule has 4 heterocycles. The van der Waals surface area contributed by atoms with Crippen molar-refractivity contribution >= 4 is 75.9 Å². The topological polar surface area (TPSA) is 432 Å². The number of carbonyl (C=O) groups excluding carboxylic acids is 10. The van der Waals surface area contributed by atoms with Crippen LogP contribution in [0.5, 0.6) is 5.75 Å². The van der Waals surface area contributed by atoms with Crippen LogP contribution in [-0.2, 0) is 67.2 Å². The van der Waals surface area contributed by atoms with Gasteiger partial charge in [0.05, 0.1) is 14.3 Å². The minimum atomic E-state index is -4.53. The van der Waals surface area contributed by atoms with Crippen molar-refractivity contribution < 1.29 is 71.9 Å². The number of benzene rings is 2. The van der Waals surface area contributed by atoms with E-state index in [0.717, 1.165) is 4.90 Å². The maximum Gasteiger partial charge on any atom is 0.245 e. The predicted molar refractivity (Wildman–Crippen MR) is 320 cm³/mol. The lowest BCUT2D eigenvalue weighted by Gasteiger charge is -2.31. The third-order valence-electron chi connectivity index (χ3n) is 14.3. The summed E-state index contributed by atoms with van der Waals surface area (Å²) in [6.07, 6.45) is -1.58. The second-order valence-electron chi connectivity index (χ2n) is 21.4. The van der Waals surface area contributed by atoms with Crippen LogP contribution in [0.3, 0.4) is 0 Å². The Morgan fingerprint density at radius 2 is 1.44 bits per heavy atom. The van der Waals surface area contributed by atoms with Gasteiger partial charge < -0.3 is 84.4 Å². The molecule has 28 heteroatoms. The maximum absolute atomic E-state index is 15.1. The summed E-state index contributed by atoms with van der Waals surface area (Å²) in [7, 11) is 0. The minimum absolute atomic E-state index is 0.0475. The second kappa shape index (κ2) is 32.4. The molecule has 87 heavy (non-hydrogen) atoms. The summed E-state index contributed by atoms with van der Waals surface area (Å²) < 4.78 is 86.6. The molecule has 2 fully saturated rings. The molecular formula is C59H84N16O12. The molecule has 2 aliphatic rings. The van der Waals surface area contributed by atoms with Gasteiger partial charge in [0.25, 0.3) is 0 Å². The Balaban J connectivity index is 1.34. The standard InChI is InChI=1S/C59H84N16O12/c1-6-63-57(86)48-14-10-22-75(48)58(87)41(13-9-21-64-59(60)61)68-51(80)42(23-32(2)3)69-52(81)43(24-33(4)5)70-53(82)44(25-34-15-17-37(77)18-16-34)71-56(85)47(30-76)74-54(83)45(26-35-28-65-39-12-8-7-11-38(35)39)72-55(84)46(27-36-29-62-31-66-36)73-50(79)40-19-20-49(78)67-40/h7-8,11-12,15-18,28-29,31-33,40-48,65,76-77H,6,9-10,13-14,19-27,30H2,1-5H3,(H,62,66)(H,63,86)(H,67,78)(H,68,80)(H,69,81)(H,70,82)(H,71,85)(H,72,84)(H,73,79)(H,74,83)(H4,60,61,64)/t40-,41-,42?,43+,44-,45-,46-,47-,48-/m0/s1/i2D3,3D3,23D2,32D,42D. The number of aromatic nitrogens is 3. The number of guanidine groups is 1. The molecule has 0 saturated carbocycles. The van der Waals surface area contributed by atoms with Gasteiger partial charge in [-0.15, -0.1) is 0 Å². The molecule has 0 bridgehead atoms. The molecule has 4 aromatic rings. The molecule has 2 aromatic heterocycles. The second-order valence-corrected chi connectivity index (χ2v) is 21.4. The summed E-state index contributed by atoms with van der Waals surface area (Å²) >= 11 is 0. The Kier molecular flexibility index (Phi) is 19.9. The number of likely N-dealkylation sites (N-methyl/N-ethyl adjacent to an activating group) is 1. The van der Waals surface area contributed by atoms with Gasteiger partial charge in [0.15, 0.2) is 5.96 Å². The lowest BCUT2D eigenvalue weighted by atomic mass is 9.98. The van der Waals surface area contributed by atoms with E-state index < -0.39 is 165 Å². The van der Waals surface area contributed by atoms with Crippen LogP contribution >= 0.6 is 0 Å². The van der Waals surface area contributed by atoms with Gasteiger partial charge in [-0.05, 0) is 93.0 Å². The van der Waals surface area contributed by atoms with Crippen molar-refractivity contribution in [2.75, 3.05) is 26.2 Å². The fourth-order valence-electron chi connectivity index (χ4n) is 9.97. The highest BCUT2D eigenvalue weighted by Crippen LogP contribution is 2.22. The first-order valence-electron chi connectivity index (χ1n) is 33.5. The third-order valence-corrected chi connectivity index (χ3v) is 14.3. The summed E-state index contributed by atoms with van der Waals surface area (Å²) in [6, 6.07) is -4.93. The minimum Gasteiger partial charge on any atom is -0.508 e. The number of nitrogens with one attached hydrogen (secondary N) is 11. The molecule has 6 rings (SSSR count). The van der Waals surface area contributed by atoms with Crippen LogP contribution in [-0.4, -0.2) is 176 Å². The number of hydrogen-bond acceptors (Lipinski definition) is 14. The molecule has 0 spiro atoms. The fourth-order valence-corrected chi connectivity index (χ4v) is 9.97. The van der Waals surface area contributed by atoms with Crippen molar-refractivity contribution in [3.8, 4) is 5.75 Å². The van der Waals surface area contributed by atoms with Gasteiger partial charge in [0.1, 0.15) is 60.1 Å². The Bertz CT molecular complexity index is 3490. The summed E-state index contributed by atoms with van der Waals surface area (Å²) in [6.45, 7) is -5.02. The van der Waals surface area contributed by atoms with E-state index in [9.17, 15) is 52.7 Å². The van der Waals surface area contributed by atoms with Crippen LogP contribution in [0.1, 0.15) is 116 Å². The molecule has 9 atom stereocenters. The number of H-pyrrole nitrogens is 2. The number of aliphatic hydroxyl groups is 1. The molecule has 472 valence electrons. The number of amides is 10. The number of imidazole rings is 1. The molecular weight excluding hydrogens is 1120 g/mol. The van der Waals surface area contributed by atoms with E-state index in [4.69, 9.17) is 21.1 Å². The molecule has 28 nitrogen and oxygen atoms in total. The van der Waals surface area contributed by atoms with Crippen molar-refractivity contribution in [3.05, 3.63) is 84.1 Å². The molecule has 0 aliphatic carbocycles. The average Bonchev–Trinajstić information content (AvgIpc) is 1.41. The molecule has 2 saturated heterocycles. The SMILES string of the molecule is [2H]C([2H])([2H])C([2H])(C([2H])([2H])[2H])C([2H])([2H])C([2H])(NC(=O)[C@@H](CC(C)C)NC(=O)[C@H](Cc1ccc(O)cc1)NC(=O)[C@H](CO)NC(=O)[C@H](Cc1c[nH]c2ccccc12)NC(=O)[C@H](Cc1cnc[nH]1)NC(=O)[C@@H]1CCC(=O)N1)C(=O)N[C@@H](CCCN=C(N)N)C(=O)N1CCC[C@H]1C(=O)NCC. The Morgan fingerprint density at radius 3 is 2.07 bits per heavy atom. The molecule has 1 unspecified atom stereocenters. The zero-order valence-corrected chi connectivity index (χ0v) is 48.4. The first kappa shape index (κ1) is 53.4. The number of phenolic OH excluding ortho intramolecular Hbond substituents is 1. The highest BCUT2D eigenvalue weighted by atomic mass is 16.3. The average molecular weight is 1220 g/mol. The van der Waals surface area contributed by atoms with E-state index in [0.29, 0.717) is 28.6 Å². The molecule has 10 amide bonds. The van der Waals surface area contributed by atoms with Crippen molar-refractivity contribution in [2.24, 2.45) is 28.3 Å². The van der Waals surface area contributed by atoms with E-state index in [1.807, 2.05) is 0 Å². The highest BCUT2D eigenvalue weighted by Gasteiger charge is 2.40. The zero-order chi connectivity index (χ0) is 72.0. The third kappa shape index (κ3) is 20.0. The largest absolute Gasteiger partial charge is 0.508 e. The number of likely N-dealkylation sites (tertiary alicyclic amines) is 1. The number of carbonyl (C=O) groups is 10. The van der Waals surface area contributed by atoms with Crippen molar-refractivity contribution in [3.63, 3.8) is 0 Å². The number of hydrogen-bond donors (Lipinski definition) is 15. The normalized spacial score (nSPS) is 19.8. The van der Waals surface area contributed by atoms with Crippen LogP contribution in [0.2, 0.25) is 0 Å². The molecule has 0 radical (unpaired) electrons. The van der Waals surface area contributed by atoms with Crippen LogP contribution in [0.15, 0.2) is 72.2 Å². The zero-order valence-electron chi connectivity index (χ0n) is 58.4. The Hall–Kier alpha value is -9.08. The number of rotatable bonds is 32. The summed E-state index contributed by atoms with van der Waals surface area (Å²) in [4.78, 5) is 157. The summed E-state index contributed by atoms with van der Waals surface area (Å²) in [5.41, 5.74) is 12.7. The number of nitrogens with zero attached hydrogens (tertiary/aromatic N) is 3. The van der Waals surface area contributed by atoms with Gasteiger partial charge in [0.2, 0.25) is 59.1 Å². The molecule has 2 aliphatic heterocycles. The number of para-hydroxylation sites is 1. The first-order chi connectivity index (χ1) is 45.5. The highest BCUT2D eigenvalue weighted by molar-refractivity contribution is 5.99. The first-order valence-corrected chi connectivity index (χ1v) is 28.5. The lowest BCUT2D eigenvalue weighted by molar-refractivity contribution is -0.142. The number of aliphatic hydroxyl groups excluding tert-OH is 1. The smallest absolute Gasteiger partial charge is 0.245 e. The summed E-state index contributed by atoms with van der Waals surface area (Å²) in [5, 5.41) is 43.2. The monoisotopic (exact) mass is 1220 g/mol. The van der Waals surface area contributed by atoms with Gasteiger partial charge in [-0.3, -0.25) is 52.9 Å².